The minimum Gasteiger partial charge on any atom is -0.444 e. The number of urea groups is 1. The molecule has 0 radical (unpaired) electrons. The Kier molecular flexibility index (Phi) is 11.6. The molecule has 2 N–H and O–H groups in total. The molecule has 11 nitrogen and oxygen atoms in total. The Balaban J connectivity index is 1.18. The van der Waals surface area contributed by atoms with Crippen LogP contribution in [0.15, 0.2) is 24.3 Å². The van der Waals surface area contributed by atoms with Crippen LogP contribution in [0.2, 0.25) is 0 Å². The predicted octanol–water partition coefficient (Wildman–Crippen LogP) is 2.92. The highest BCUT2D eigenvalue weighted by Crippen LogP contribution is 2.26. The number of anilines is 2. The zero-order valence-corrected chi connectivity index (χ0v) is 22.8. The van der Waals surface area contributed by atoms with Crippen LogP contribution in [0.25, 0.3) is 0 Å². The highest BCUT2D eigenvalue weighted by Gasteiger charge is 2.25. The molecule has 0 bridgehead atoms. The third-order valence-corrected chi connectivity index (χ3v) is 6.21. The molecule has 2 saturated heterocycles. The fourth-order valence-electron chi connectivity index (χ4n) is 4.24. The van der Waals surface area contributed by atoms with Crippen LogP contribution in [-0.4, -0.2) is 89.5 Å². The van der Waals surface area contributed by atoms with Crippen molar-refractivity contribution in [1.82, 2.24) is 10.6 Å². The normalized spacial score (nSPS) is 16.9. The van der Waals surface area contributed by atoms with Crippen molar-refractivity contribution in [1.29, 1.82) is 0 Å². The van der Waals surface area contributed by atoms with E-state index in [-0.39, 0.29) is 11.9 Å². The number of nitrogens with zero attached hydrogens (tertiary/aromatic N) is 2. The molecular weight excluding hydrogens is 492 g/mol. The van der Waals surface area contributed by atoms with Gasteiger partial charge in [-0.15, -0.1) is 0 Å². The standard InChI is InChI=1S/C27H42N4O7/c1-27(2,3)38-26(34)28-11-15-35-16-17-36-18-19-37-20-21-8-12-30(13-9-21)22-4-6-23(7-5-22)31-14-10-24(32)29-25(31)33/h4-7,21H,8-20H2,1-3H3,(H,28,34)(H,29,32,33). The number of imide groups is 1. The van der Waals surface area contributed by atoms with E-state index in [1.54, 1.807) is 4.90 Å². The molecule has 38 heavy (non-hydrogen) atoms. The van der Waals surface area contributed by atoms with Gasteiger partial charge in [-0.25, -0.2) is 9.59 Å². The maximum Gasteiger partial charge on any atom is 0.407 e. The summed E-state index contributed by atoms with van der Waals surface area (Å²) < 4.78 is 21.9. The molecule has 0 spiro atoms. The minimum absolute atomic E-state index is 0.227. The Morgan fingerprint density at radius 2 is 1.53 bits per heavy atom. The fourth-order valence-corrected chi connectivity index (χ4v) is 4.24. The number of nitrogens with one attached hydrogen (secondary N) is 2. The Bertz CT molecular complexity index is 896. The van der Waals surface area contributed by atoms with Gasteiger partial charge in [0.25, 0.3) is 0 Å². The third-order valence-electron chi connectivity index (χ3n) is 6.21. The molecule has 1 aromatic rings. The second kappa shape index (κ2) is 14.9. The summed E-state index contributed by atoms with van der Waals surface area (Å²) in [4.78, 5) is 38.8. The van der Waals surface area contributed by atoms with Gasteiger partial charge in [0.1, 0.15) is 5.60 Å². The molecular formula is C27H42N4O7. The summed E-state index contributed by atoms with van der Waals surface area (Å²) in [5.74, 6) is 0.302. The number of rotatable bonds is 13. The van der Waals surface area contributed by atoms with E-state index in [2.05, 4.69) is 15.5 Å². The van der Waals surface area contributed by atoms with Crippen LogP contribution < -0.4 is 20.4 Å². The molecule has 0 atom stereocenters. The number of piperidine rings is 1. The lowest BCUT2D eigenvalue weighted by Gasteiger charge is -2.34. The Hall–Kier alpha value is -2.89. The molecule has 4 amide bonds. The molecule has 3 rings (SSSR count). The SMILES string of the molecule is CC(C)(C)OC(=O)NCCOCCOCCOCC1CCN(c2ccc(N3CCC(=O)NC3=O)cc2)CC1. The average Bonchev–Trinajstić information content (AvgIpc) is 2.87. The van der Waals surface area contributed by atoms with Gasteiger partial charge in [-0.1, -0.05) is 0 Å². The largest absolute Gasteiger partial charge is 0.444 e. The van der Waals surface area contributed by atoms with E-state index in [1.807, 2.05) is 45.0 Å². The van der Waals surface area contributed by atoms with Crippen LogP contribution in [-0.2, 0) is 23.7 Å². The molecule has 0 unspecified atom stereocenters. The number of hydrogen-bond donors (Lipinski definition) is 2. The summed E-state index contributed by atoms with van der Waals surface area (Å²) in [6, 6.07) is 7.58. The molecule has 2 fully saturated rings. The molecule has 0 saturated carbocycles. The van der Waals surface area contributed by atoms with Crippen LogP contribution in [0.1, 0.15) is 40.0 Å². The van der Waals surface area contributed by atoms with Gasteiger partial charge in [-0.2, -0.15) is 0 Å². The van der Waals surface area contributed by atoms with Crippen LogP contribution in [0.3, 0.4) is 0 Å². The van der Waals surface area contributed by atoms with E-state index < -0.39 is 11.7 Å². The number of alkyl carbamates (subject to hydrolysis) is 1. The highest BCUT2D eigenvalue weighted by atomic mass is 16.6. The summed E-state index contributed by atoms with van der Waals surface area (Å²) in [6.45, 7) is 11.3. The van der Waals surface area contributed by atoms with E-state index >= 15 is 0 Å². The smallest absolute Gasteiger partial charge is 0.407 e. The van der Waals surface area contributed by atoms with Gasteiger partial charge in [-0.05, 0) is 63.8 Å². The van der Waals surface area contributed by atoms with E-state index in [1.165, 1.54) is 0 Å². The summed E-state index contributed by atoms with van der Waals surface area (Å²) in [7, 11) is 0. The van der Waals surface area contributed by atoms with Gasteiger partial charge in [0.15, 0.2) is 0 Å². The molecule has 2 aliphatic heterocycles. The molecule has 1 aromatic carbocycles. The van der Waals surface area contributed by atoms with Gasteiger partial charge in [-0.3, -0.25) is 15.0 Å². The number of carbonyl (C=O) groups excluding carboxylic acids is 3. The van der Waals surface area contributed by atoms with Crippen molar-refractivity contribution in [3.63, 3.8) is 0 Å². The number of benzene rings is 1. The Morgan fingerprint density at radius 1 is 0.921 bits per heavy atom. The van der Waals surface area contributed by atoms with Crippen LogP contribution in [0, 0.1) is 5.92 Å². The molecule has 0 aliphatic carbocycles. The first-order chi connectivity index (χ1) is 18.2. The second-order valence-electron chi connectivity index (χ2n) is 10.4. The summed E-state index contributed by atoms with van der Waals surface area (Å²) in [6.07, 6.45) is 1.99. The predicted molar refractivity (Wildman–Crippen MR) is 144 cm³/mol. The monoisotopic (exact) mass is 534 g/mol. The van der Waals surface area contributed by atoms with E-state index in [0.717, 1.165) is 43.9 Å². The molecule has 0 aromatic heterocycles. The Labute approximate surface area is 225 Å². The lowest BCUT2D eigenvalue weighted by atomic mass is 9.97. The minimum atomic E-state index is -0.508. The van der Waals surface area contributed by atoms with Gasteiger partial charge in [0.2, 0.25) is 5.91 Å². The summed E-state index contributed by atoms with van der Waals surface area (Å²) in [5.41, 5.74) is 1.43. The lowest BCUT2D eigenvalue weighted by Crippen LogP contribution is -2.49. The van der Waals surface area contributed by atoms with Gasteiger partial charge in [0, 0.05) is 50.6 Å². The van der Waals surface area contributed by atoms with Crippen LogP contribution >= 0.6 is 0 Å². The number of ether oxygens (including phenoxy) is 4. The molecule has 2 heterocycles. The van der Waals surface area contributed by atoms with Gasteiger partial charge in [0.05, 0.1) is 33.0 Å². The van der Waals surface area contributed by atoms with Crippen molar-refractivity contribution in [2.75, 3.05) is 75.6 Å². The van der Waals surface area contributed by atoms with Crippen molar-refractivity contribution in [3.05, 3.63) is 24.3 Å². The third kappa shape index (κ3) is 10.5. The maximum absolute atomic E-state index is 12.0. The van der Waals surface area contributed by atoms with Crippen molar-refractivity contribution in [2.24, 2.45) is 5.92 Å². The van der Waals surface area contributed by atoms with Crippen LogP contribution in [0.5, 0.6) is 0 Å². The first kappa shape index (κ1) is 29.7. The first-order valence-electron chi connectivity index (χ1n) is 13.4. The maximum atomic E-state index is 12.0. The quantitative estimate of drug-likeness (QED) is 0.371. The van der Waals surface area contributed by atoms with Crippen molar-refractivity contribution >= 4 is 29.4 Å². The number of carbonyl (C=O) groups is 3. The summed E-state index contributed by atoms with van der Waals surface area (Å²) in [5, 5.41) is 5.00. The van der Waals surface area contributed by atoms with Crippen molar-refractivity contribution < 1.29 is 33.3 Å². The van der Waals surface area contributed by atoms with Crippen molar-refractivity contribution in [3.8, 4) is 0 Å². The van der Waals surface area contributed by atoms with E-state index in [9.17, 15) is 14.4 Å². The molecule has 11 heteroatoms. The highest BCUT2D eigenvalue weighted by molar-refractivity contribution is 6.05. The molecule has 212 valence electrons. The zero-order valence-electron chi connectivity index (χ0n) is 22.8. The topological polar surface area (TPSA) is 119 Å². The van der Waals surface area contributed by atoms with Gasteiger partial charge >= 0.3 is 12.1 Å². The average molecular weight is 535 g/mol. The fraction of sp³-hybridized carbons (Fsp3) is 0.667. The second-order valence-corrected chi connectivity index (χ2v) is 10.4. The number of hydrogen-bond acceptors (Lipinski definition) is 8. The first-order valence-corrected chi connectivity index (χ1v) is 13.4. The zero-order chi connectivity index (χ0) is 27.4. The van der Waals surface area contributed by atoms with Crippen LogP contribution in [0.4, 0.5) is 21.0 Å². The van der Waals surface area contributed by atoms with E-state index in [4.69, 9.17) is 18.9 Å². The number of amides is 4. The summed E-state index contributed by atoms with van der Waals surface area (Å²) >= 11 is 0. The van der Waals surface area contributed by atoms with E-state index in [0.29, 0.717) is 58.5 Å². The molecule has 2 aliphatic rings. The Morgan fingerprint density at radius 3 is 2.16 bits per heavy atom. The lowest BCUT2D eigenvalue weighted by molar-refractivity contribution is -0.120. The van der Waals surface area contributed by atoms with Gasteiger partial charge < -0.3 is 29.2 Å². The van der Waals surface area contributed by atoms with Crippen molar-refractivity contribution in [2.45, 2.75) is 45.6 Å².